The lowest BCUT2D eigenvalue weighted by atomic mass is 10.1. The van der Waals surface area contributed by atoms with Crippen molar-refractivity contribution in [2.24, 2.45) is 5.92 Å². The number of hydrogen-bond acceptors (Lipinski definition) is 4. The highest BCUT2D eigenvalue weighted by molar-refractivity contribution is 5.94. The summed E-state index contributed by atoms with van der Waals surface area (Å²) in [5, 5.41) is 11.9. The number of likely N-dealkylation sites (tertiary alicyclic amines) is 1. The molecule has 6 heteroatoms. The van der Waals surface area contributed by atoms with Crippen LogP contribution in [0.2, 0.25) is 0 Å². The topological polar surface area (TPSA) is 72.9 Å². The highest BCUT2D eigenvalue weighted by Crippen LogP contribution is 2.32. The van der Waals surface area contributed by atoms with Crippen molar-refractivity contribution in [2.75, 3.05) is 38.2 Å². The molecule has 1 atom stereocenters. The van der Waals surface area contributed by atoms with Gasteiger partial charge >= 0.3 is 0 Å². The number of rotatable bonds is 7. The van der Waals surface area contributed by atoms with Crippen molar-refractivity contribution in [1.29, 1.82) is 0 Å². The number of aliphatic hydroxyl groups is 1. The molecular formula is C18H25N3O3. The van der Waals surface area contributed by atoms with Crippen LogP contribution in [0.4, 0.5) is 5.69 Å². The summed E-state index contributed by atoms with van der Waals surface area (Å²) in [6, 6.07) is 7.78. The van der Waals surface area contributed by atoms with Gasteiger partial charge in [0.1, 0.15) is 0 Å². The Labute approximate surface area is 142 Å². The summed E-state index contributed by atoms with van der Waals surface area (Å²) in [5.41, 5.74) is 1.57. The normalized spacial score (nSPS) is 20.3. The standard InChI is InChI=1S/C18H25N3O3/c1-20(8-9-22)15-4-2-14(3-5-15)18(24)19-11-13-10-17(23)21(12-13)16-6-7-16/h2-5,13,16,22H,6-12H2,1H3,(H,19,24)/t13-/m0/s1. The third kappa shape index (κ3) is 3.87. The van der Waals surface area contributed by atoms with E-state index in [2.05, 4.69) is 5.32 Å². The fourth-order valence-electron chi connectivity index (χ4n) is 3.17. The largest absolute Gasteiger partial charge is 0.395 e. The van der Waals surface area contributed by atoms with Crippen molar-refractivity contribution in [3.8, 4) is 0 Å². The SMILES string of the molecule is CN(CCO)c1ccc(C(=O)NC[C@@H]2CC(=O)N(C3CC3)C2)cc1. The molecule has 0 unspecified atom stereocenters. The summed E-state index contributed by atoms with van der Waals surface area (Å²) in [7, 11) is 1.90. The van der Waals surface area contributed by atoms with Gasteiger partial charge in [-0.05, 0) is 37.1 Å². The summed E-state index contributed by atoms with van der Waals surface area (Å²) >= 11 is 0. The predicted octanol–water partition coefficient (Wildman–Crippen LogP) is 0.856. The van der Waals surface area contributed by atoms with Crippen molar-refractivity contribution < 1.29 is 14.7 Å². The van der Waals surface area contributed by atoms with Gasteiger partial charge in [-0.3, -0.25) is 9.59 Å². The van der Waals surface area contributed by atoms with Crippen LogP contribution < -0.4 is 10.2 Å². The molecule has 1 aromatic rings. The van der Waals surface area contributed by atoms with Crippen LogP contribution in [-0.4, -0.2) is 61.2 Å². The van der Waals surface area contributed by atoms with E-state index >= 15 is 0 Å². The van der Waals surface area contributed by atoms with E-state index < -0.39 is 0 Å². The molecule has 2 aliphatic rings. The van der Waals surface area contributed by atoms with Gasteiger partial charge < -0.3 is 20.2 Å². The fraction of sp³-hybridized carbons (Fsp3) is 0.556. The molecule has 0 spiro atoms. The van der Waals surface area contributed by atoms with Gasteiger partial charge in [-0.15, -0.1) is 0 Å². The van der Waals surface area contributed by atoms with Crippen molar-refractivity contribution >= 4 is 17.5 Å². The lowest BCUT2D eigenvalue weighted by molar-refractivity contribution is -0.128. The number of hydrogen-bond donors (Lipinski definition) is 2. The molecule has 1 saturated carbocycles. The van der Waals surface area contributed by atoms with E-state index in [9.17, 15) is 9.59 Å². The van der Waals surface area contributed by atoms with Gasteiger partial charge in [0.2, 0.25) is 5.91 Å². The molecule has 3 rings (SSSR count). The molecular weight excluding hydrogens is 306 g/mol. The van der Waals surface area contributed by atoms with Gasteiger partial charge in [0.15, 0.2) is 0 Å². The van der Waals surface area contributed by atoms with Crippen molar-refractivity contribution in [2.45, 2.75) is 25.3 Å². The zero-order valence-electron chi connectivity index (χ0n) is 14.1. The summed E-state index contributed by atoms with van der Waals surface area (Å²) in [5.74, 6) is 0.341. The van der Waals surface area contributed by atoms with E-state index in [1.54, 1.807) is 12.1 Å². The molecule has 2 amide bonds. The summed E-state index contributed by atoms with van der Waals surface area (Å²) in [6.45, 7) is 1.96. The number of carbonyl (C=O) groups is 2. The van der Waals surface area contributed by atoms with E-state index in [4.69, 9.17) is 5.11 Å². The van der Waals surface area contributed by atoms with E-state index in [0.29, 0.717) is 31.1 Å². The first-order chi connectivity index (χ1) is 11.6. The monoisotopic (exact) mass is 331 g/mol. The van der Waals surface area contributed by atoms with Gasteiger partial charge in [0, 0.05) is 56.3 Å². The molecule has 0 radical (unpaired) electrons. The molecule has 24 heavy (non-hydrogen) atoms. The van der Waals surface area contributed by atoms with Gasteiger partial charge in [-0.1, -0.05) is 0 Å². The lowest BCUT2D eigenvalue weighted by Gasteiger charge is -2.18. The van der Waals surface area contributed by atoms with Crippen molar-refractivity contribution in [3.05, 3.63) is 29.8 Å². The van der Waals surface area contributed by atoms with Crippen molar-refractivity contribution in [3.63, 3.8) is 0 Å². The Hall–Kier alpha value is -2.08. The molecule has 0 aromatic heterocycles. The Bertz CT molecular complexity index is 598. The van der Waals surface area contributed by atoms with E-state index in [0.717, 1.165) is 25.1 Å². The van der Waals surface area contributed by atoms with Gasteiger partial charge in [-0.2, -0.15) is 0 Å². The third-order valence-electron chi connectivity index (χ3n) is 4.78. The van der Waals surface area contributed by atoms with Crippen LogP contribution in [0.1, 0.15) is 29.6 Å². The molecule has 1 saturated heterocycles. The predicted molar refractivity (Wildman–Crippen MR) is 92.0 cm³/mol. The molecule has 1 heterocycles. The quantitative estimate of drug-likeness (QED) is 0.777. The molecule has 2 N–H and O–H groups in total. The number of benzene rings is 1. The number of carbonyl (C=O) groups excluding carboxylic acids is 2. The number of amides is 2. The highest BCUT2D eigenvalue weighted by Gasteiger charge is 2.39. The average Bonchev–Trinajstić information content (AvgIpc) is 3.36. The Morgan fingerprint density at radius 1 is 1.33 bits per heavy atom. The second-order valence-corrected chi connectivity index (χ2v) is 6.75. The summed E-state index contributed by atoms with van der Waals surface area (Å²) in [6.07, 6.45) is 2.80. The lowest BCUT2D eigenvalue weighted by Crippen LogP contribution is -2.32. The van der Waals surface area contributed by atoms with Gasteiger partial charge in [-0.25, -0.2) is 0 Å². The van der Waals surface area contributed by atoms with Crippen LogP contribution >= 0.6 is 0 Å². The third-order valence-corrected chi connectivity index (χ3v) is 4.78. The smallest absolute Gasteiger partial charge is 0.251 e. The minimum atomic E-state index is -0.108. The number of aliphatic hydroxyl groups excluding tert-OH is 1. The number of anilines is 1. The molecule has 2 fully saturated rings. The minimum absolute atomic E-state index is 0.0940. The maximum atomic E-state index is 12.3. The Morgan fingerprint density at radius 2 is 2.04 bits per heavy atom. The van der Waals surface area contributed by atoms with Crippen LogP contribution in [-0.2, 0) is 4.79 Å². The Balaban J connectivity index is 1.49. The molecule has 6 nitrogen and oxygen atoms in total. The molecule has 0 bridgehead atoms. The molecule has 1 aliphatic heterocycles. The molecule has 1 aliphatic carbocycles. The molecule has 130 valence electrons. The average molecular weight is 331 g/mol. The number of likely N-dealkylation sites (N-methyl/N-ethyl adjacent to an activating group) is 1. The van der Waals surface area contributed by atoms with Crippen molar-refractivity contribution in [1.82, 2.24) is 10.2 Å². The second kappa shape index (κ2) is 7.21. The van der Waals surface area contributed by atoms with Gasteiger partial charge in [0.05, 0.1) is 6.61 Å². The zero-order valence-corrected chi connectivity index (χ0v) is 14.1. The highest BCUT2D eigenvalue weighted by atomic mass is 16.3. The number of nitrogens with zero attached hydrogens (tertiary/aromatic N) is 2. The Morgan fingerprint density at radius 3 is 2.67 bits per heavy atom. The van der Waals surface area contributed by atoms with Crippen LogP contribution in [0, 0.1) is 5.92 Å². The number of nitrogens with one attached hydrogen (secondary N) is 1. The van der Waals surface area contributed by atoms with Crippen LogP contribution in [0.5, 0.6) is 0 Å². The van der Waals surface area contributed by atoms with E-state index in [-0.39, 0.29) is 24.3 Å². The molecule has 1 aromatic carbocycles. The summed E-state index contributed by atoms with van der Waals surface area (Å²) < 4.78 is 0. The first-order valence-corrected chi connectivity index (χ1v) is 8.58. The van der Waals surface area contributed by atoms with E-state index in [1.807, 2.05) is 29.0 Å². The maximum Gasteiger partial charge on any atom is 0.251 e. The maximum absolute atomic E-state index is 12.3. The first-order valence-electron chi connectivity index (χ1n) is 8.58. The fourth-order valence-corrected chi connectivity index (χ4v) is 3.17. The van der Waals surface area contributed by atoms with Gasteiger partial charge in [0.25, 0.3) is 5.91 Å². The van der Waals surface area contributed by atoms with Crippen LogP contribution in [0.15, 0.2) is 24.3 Å². The first kappa shape index (κ1) is 16.8. The van der Waals surface area contributed by atoms with E-state index in [1.165, 1.54) is 0 Å². The van der Waals surface area contributed by atoms with Crippen LogP contribution in [0.3, 0.4) is 0 Å². The second-order valence-electron chi connectivity index (χ2n) is 6.75. The Kier molecular flexibility index (Phi) is 5.04. The zero-order chi connectivity index (χ0) is 17.1. The minimum Gasteiger partial charge on any atom is -0.395 e. The summed E-state index contributed by atoms with van der Waals surface area (Å²) in [4.78, 5) is 28.1. The van der Waals surface area contributed by atoms with Crippen LogP contribution in [0.25, 0.3) is 0 Å².